The molecule has 1 amide bonds. The lowest BCUT2D eigenvalue weighted by molar-refractivity contribution is -0.136. The van der Waals surface area contributed by atoms with Gasteiger partial charge in [-0.05, 0) is 51.0 Å². The van der Waals surface area contributed by atoms with Gasteiger partial charge in [0.1, 0.15) is 0 Å². The van der Waals surface area contributed by atoms with Crippen molar-refractivity contribution in [3.63, 3.8) is 0 Å². The van der Waals surface area contributed by atoms with Crippen LogP contribution in [0.25, 0.3) is 0 Å². The highest BCUT2D eigenvalue weighted by Crippen LogP contribution is 2.30. The van der Waals surface area contributed by atoms with Crippen LogP contribution in [-0.4, -0.2) is 29.9 Å². The molecule has 2 rings (SSSR count). The van der Waals surface area contributed by atoms with Gasteiger partial charge in [0.25, 0.3) is 0 Å². The van der Waals surface area contributed by atoms with Gasteiger partial charge in [0.2, 0.25) is 5.91 Å². The van der Waals surface area contributed by atoms with Crippen LogP contribution in [0.4, 0.5) is 0 Å². The van der Waals surface area contributed by atoms with E-state index >= 15 is 0 Å². The standard InChI is InChI=1S/C18H34N2O/c1-2-20(17-12-8-7-11-16(17)14-19)18(21)13-15-9-5-3-4-6-10-15/h15-17H,2-14,19H2,1H3. The summed E-state index contributed by atoms with van der Waals surface area (Å²) in [5.41, 5.74) is 5.95. The van der Waals surface area contributed by atoms with E-state index in [1.165, 1.54) is 57.8 Å². The average Bonchev–Trinajstić information content (AvgIpc) is 2.77. The van der Waals surface area contributed by atoms with Crippen LogP contribution >= 0.6 is 0 Å². The maximum Gasteiger partial charge on any atom is 0.223 e. The summed E-state index contributed by atoms with van der Waals surface area (Å²) in [6, 6.07) is 0.409. The van der Waals surface area contributed by atoms with Crippen LogP contribution < -0.4 is 5.73 Å². The van der Waals surface area contributed by atoms with Crippen molar-refractivity contribution in [3.05, 3.63) is 0 Å². The Morgan fingerprint density at radius 2 is 1.62 bits per heavy atom. The second-order valence-electron chi connectivity index (χ2n) is 7.09. The molecule has 2 saturated carbocycles. The van der Waals surface area contributed by atoms with Gasteiger partial charge in [-0.1, -0.05) is 38.5 Å². The smallest absolute Gasteiger partial charge is 0.223 e. The van der Waals surface area contributed by atoms with Crippen LogP contribution in [0.1, 0.15) is 77.6 Å². The summed E-state index contributed by atoms with van der Waals surface area (Å²) >= 11 is 0. The molecule has 2 fully saturated rings. The first-order valence-corrected chi connectivity index (χ1v) is 9.25. The van der Waals surface area contributed by atoms with Crippen LogP contribution in [-0.2, 0) is 4.79 Å². The van der Waals surface area contributed by atoms with Crippen molar-refractivity contribution < 1.29 is 4.79 Å². The highest BCUT2D eigenvalue weighted by atomic mass is 16.2. The van der Waals surface area contributed by atoms with Gasteiger partial charge in [0.15, 0.2) is 0 Å². The average molecular weight is 294 g/mol. The summed E-state index contributed by atoms with van der Waals surface area (Å²) in [6.07, 6.45) is 13.6. The summed E-state index contributed by atoms with van der Waals surface area (Å²) in [4.78, 5) is 15.0. The summed E-state index contributed by atoms with van der Waals surface area (Å²) < 4.78 is 0. The molecule has 122 valence electrons. The van der Waals surface area contributed by atoms with E-state index in [9.17, 15) is 4.79 Å². The Balaban J connectivity index is 1.93. The number of rotatable bonds is 5. The van der Waals surface area contributed by atoms with Crippen molar-refractivity contribution in [3.8, 4) is 0 Å². The minimum absolute atomic E-state index is 0.398. The minimum atomic E-state index is 0.398. The number of carbonyl (C=O) groups is 1. The highest BCUT2D eigenvalue weighted by molar-refractivity contribution is 5.76. The Kier molecular flexibility index (Phi) is 7.01. The van der Waals surface area contributed by atoms with Crippen molar-refractivity contribution in [1.82, 2.24) is 4.90 Å². The first-order valence-electron chi connectivity index (χ1n) is 9.25. The van der Waals surface area contributed by atoms with Gasteiger partial charge < -0.3 is 10.6 Å². The molecule has 0 saturated heterocycles. The molecule has 0 aromatic rings. The van der Waals surface area contributed by atoms with Gasteiger partial charge in [-0.25, -0.2) is 0 Å². The molecule has 0 aliphatic heterocycles. The molecule has 2 aliphatic rings. The molecule has 2 N–H and O–H groups in total. The monoisotopic (exact) mass is 294 g/mol. The topological polar surface area (TPSA) is 46.3 Å². The molecule has 21 heavy (non-hydrogen) atoms. The quantitative estimate of drug-likeness (QED) is 0.786. The third kappa shape index (κ3) is 4.70. The summed E-state index contributed by atoms with van der Waals surface area (Å²) in [6.45, 7) is 3.72. The molecule has 0 spiro atoms. The molecule has 3 nitrogen and oxygen atoms in total. The zero-order valence-corrected chi connectivity index (χ0v) is 13.9. The molecule has 0 radical (unpaired) electrons. The lowest BCUT2D eigenvalue weighted by Gasteiger charge is -2.39. The molecule has 0 aromatic carbocycles. The zero-order chi connectivity index (χ0) is 15.1. The van der Waals surface area contributed by atoms with E-state index in [1.807, 2.05) is 0 Å². The van der Waals surface area contributed by atoms with Gasteiger partial charge in [0.05, 0.1) is 0 Å². The molecule has 3 heteroatoms. The fraction of sp³-hybridized carbons (Fsp3) is 0.944. The van der Waals surface area contributed by atoms with Crippen LogP contribution in [0.2, 0.25) is 0 Å². The normalized spacial score (nSPS) is 28.1. The summed E-state index contributed by atoms with van der Waals surface area (Å²) in [7, 11) is 0. The second-order valence-corrected chi connectivity index (χ2v) is 7.09. The number of nitrogens with two attached hydrogens (primary N) is 1. The molecule has 2 atom stereocenters. The van der Waals surface area contributed by atoms with Crippen molar-refractivity contribution >= 4 is 5.91 Å². The number of nitrogens with zero attached hydrogens (tertiary/aromatic N) is 1. The van der Waals surface area contributed by atoms with Gasteiger partial charge in [-0.3, -0.25) is 4.79 Å². The fourth-order valence-corrected chi connectivity index (χ4v) is 4.40. The maximum absolute atomic E-state index is 12.8. The van der Waals surface area contributed by atoms with E-state index in [-0.39, 0.29) is 0 Å². The second kappa shape index (κ2) is 8.77. The van der Waals surface area contributed by atoms with E-state index in [4.69, 9.17) is 5.73 Å². The van der Waals surface area contributed by atoms with Crippen LogP contribution in [0.5, 0.6) is 0 Å². The van der Waals surface area contributed by atoms with Gasteiger partial charge in [0, 0.05) is 19.0 Å². The van der Waals surface area contributed by atoms with Crippen molar-refractivity contribution in [1.29, 1.82) is 0 Å². The molecule has 0 heterocycles. The van der Waals surface area contributed by atoms with Gasteiger partial charge in [-0.2, -0.15) is 0 Å². The highest BCUT2D eigenvalue weighted by Gasteiger charge is 2.32. The Bertz CT molecular complexity index is 310. The number of carbonyl (C=O) groups excluding carboxylic acids is 1. The SMILES string of the molecule is CCN(C(=O)CC1CCCCCC1)C1CCCCC1CN. The van der Waals surface area contributed by atoms with Crippen molar-refractivity contribution in [2.75, 3.05) is 13.1 Å². The Hall–Kier alpha value is -0.570. The third-order valence-electron chi connectivity index (χ3n) is 5.67. The predicted octanol–water partition coefficient (Wildman–Crippen LogP) is 3.71. The molecule has 0 aromatic heterocycles. The lowest BCUT2D eigenvalue weighted by atomic mass is 9.83. The fourth-order valence-electron chi connectivity index (χ4n) is 4.40. The third-order valence-corrected chi connectivity index (χ3v) is 5.67. The van der Waals surface area contributed by atoms with Crippen molar-refractivity contribution in [2.24, 2.45) is 17.6 Å². The van der Waals surface area contributed by atoms with Gasteiger partial charge >= 0.3 is 0 Å². The van der Waals surface area contributed by atoms with E-state index in [0.29, 0.717) is 23.8 Å². The zero-order valence-electron chi connectivity index (χ0n) is 13.9. The number of hydrogen-bond donors (Lipinski definition) is 1. The number of amides is 1. The molecular formula is C18H34N2O. The summed E-state index contributed by atoms with van der Waals surface area (Å²) in [5.74, 6) is 1.56. The Morgan fingerprint density at radius 3 is 2.24 bits per heavy atom. The van der Waals surface area contributed by atoms with E-state index in [2.05, 4.69) is 11.8 Å². The van der Waals surface area contributed by atoms with Crippen LogP contribution in [0.15, 0.2) is 0 Å². The van der Waals surface area contributed by atoms with Crippen LogP contribution in [0.3, 0.4) is 0 Å². The Morgan fingerprint density at radius 1 is 1.00 bits per heavy atom. The molecule has 2 unspecified atom stereocenters. The first kappa shape index (κ1) is 16.8. The van der Waals surface area contributed by atoms with E-state index in [1.54, 1.807) is 0 Å². The first-order chi connectivity index (χ1) is 10.3. The molecule has 2 aliphatic carbocycles. The van der Waals surface area contributed by atoms with Crippen LogP contribution in [0, 0.1) is 11.8 Å². The molecular weight excluding hydrogens is 260 g/mol. The minimum Gasteiger partial charge on any atom is -0.340 e. The lowest BCUT2D eigenvalue weighted by Crippen LogP contribution is -2.48. The van der Waals surface area contributed by atoms with E-state index < -0.39 is 0 Å². The molecule has 0 bridgehead atoms. The number of hydrogen-bond acceptors (Lipinski definition) is 2. The van der Waals surface area contributed by atoms with E-state index in [0.717, 1.165) is 25.9 Å². The predicted molar refractivity (Wildman–Crippen MR) is 88.0 cm³/mol. The van der Waals surface area contributed by atoms with Crippen molar-refractivity contribution in [2.45, 2.75) is 83.6 Å². The summed E-state index contributed by atoms with van der Waals surface area (Å²) in [5, 5.41) is 0. The van der Waals surface area contributed by atoms with Gasteiger partial charge in [-0.15, -0.1) is 0 Å². The maximum atomic E-state index is 12.8. The largest absolute Gasteiger partial charge is 0.340 e. The Labute approximate surface area is 130 Å².